The van der Waals surface area contributed by atoms with Crippen molar-refractivity contribution in [3.05, 3.63) is 28.9 Å². The number of H-pyrrole nitrogens is 1. The zero-order valence-corrected chi connectivity index (χ0v) is 6.74. The highest BCUT2D eigenvalue weighted by Crippen LogP contribution is 2.02. The second-order valence-corrected chi connectivity index (χ2v) is 3.09. The van der Waals surface area contributed by atoms with Crippen LogP contribution in [0.2, 0.25) is 0 Å². The number of aromatic nitrogens is 2. The van der Waals surface area contributed by atoms with Crippen molar-refractivity contribution in [2.75, 3.05) is 0 Å². The first-order valence-electron chi connectivity index (χ1n) is 4.03. The van der Waals surface area contributed by atoms with Crippen molar-refractivity contribution >= 4 is 29.0 Å². The summed E-state index contributed by atoms with van der Waals surface area (Å²) in [6.45, 7) is 0. The molecule has 0 radical (unpaired) electrons. The van der Waals surface area contributed by atoms with E-state index in [9.17, 15) is 4.79 Å². The largest absolute Gasteiger partial charge is 0.345 e. The summed E-state index contributed by atoms with van der Waals surface area (Å²) in [4.78, 5) is 18.2. The van der Waals surface area contributed by atoms with Crippen molar-refractivity contribution < 1.29 is 4.79 Å². The van der Waals surface area contributed by atoms with Crippen LogP contribution in [0.5, 0.6) is 0 Å². The lowest BCUT2D eigenvalue weighted by Gasteiger charge is -1.86. The number of fused-ring (bicyclic) bond motifs is 2. The molecule has 0 aliphatic heterocycles. The summed E-state index contributed by atoms with van der Waals surface area (Å²) < 4.78 is 0. The minimum atomic E-state index is 0.0580. The van der Waals surface area contributed by atoms with E-state index in [4.69, 9.17) is 0 Å². The van der Waals surface area contributed by atoms with Gasteiger partial charge in [0.2, 0.25) is 0 Å². The number of ketones is 1. The Morgan fingerprint density at radius 2 is 1.92 bits per heavy atom. The summed E-state index contributed by atoms with van der Waals surface area (Å²) in [5.74, 6) is 0.0580. The van der Waals surface area contributed by atoms with Gasteiger partial charge >= 0.3 is 0 Å². The van der Waals surface area contributed by atoms with Crippen LogP contribution in [0.4, 0.5) is 0 Å². The molecule has 0 saturated carbocycles. The molecule has 13 heavy (non-hydrogen) atoms. The Labute approximate surface area is 73.4 Å². The molecular weight excluding hydrogens is 164 g/mol. The van der Waals surface area contributed by atoms with Crippen LogP contribution in [0.25, 0.3) is 23.2 Å². The normalized spacial score (nSPS) is 14.0. The fourth-order valence-corrected chi connectivity index (χ4v) is 1.61. The van der Waals surface area contributed by atoms with Crippen molar-refractivity contribution in [1.29, 1.82) is 0 Å². The monoisotopic (exact) mass is 170 g/mol. The molecule has 0 amide bonds. The molecule has 3 heteroatoms. The molecule has 3 rings (SSSR count). The molecule has 1 N–H and O–H groups in total. The lowest BCUT2D eigenvalue weighted by Crippen LogP contribution is -2.20. The van der Waals surface area contributed by atoms with E-state index in [1.165, 1.54) is 0 Å². The molecule has 1 heterocycles. The molecule has 0 bridgehead atoms. The number of carbonyl (C=O) groups excluding carboxylic acids is 1. The summed E-state index contributed by atoms with van der Waals surface area (Å²) in [6, 6.07) is 3.86. The number of nitrogens with one attached hydrogen (secondary N) is 1. The summed E-state index contributed by atoms with van der Waals surface area (Å²) in [5.41, 5.74) is 1.87. The SMILES string of the molecule is O=C1C=c2cc3nc[nH]c3cc2=C1. The summed E-state index contributed by atoms with van der Waals surface area (Å²) in [6.07, 6.45) is 4.92. The number of Topliss-reactive ketones (excluding diaryl/α,β-unsaturated/α-hetero) is 1. The van der Waals surface area contributed by atoms with Gasteiger partial charge in [-0.05, 0) is 34.7 Å². The molecule has 0 atom stereocenters. The molecule has 3 nitrogen and oxygen atoms in total. The topological polar surface area (TPSA) is 45.8 Å². The molecule has 1 aromatic heterocycles. The van der Waals surface area contributed by atoms with Gasteiger partial charge in [0, 0.05) is 0 Å². The predicted octanol–water partition coefficient (Wildman–Crippen LogP) is -0.293. The Morgan fingerprint density at radius 1 is 1.15 bits per heavy atom. The zero-order chi connectivity index (χ0) is 8.84. The quantitative estimate of drug-likeness (QED) is 0.590. The number of aromatic amines is 1. The number of carbonyl (C=O) groups is 1. The molecule has 62 valence electrons. The summed E-state index contributed by atoms with van der Waals surface area (Å²) >= 11 is 0. The van der Waals surface area contributed by atoms with Crippen molar-refractivity contribution in [1.82, 2.24) is 9.97 Å². The van der Waals surface area contributed by atoms with Gasteiger partial charge in [0.05, 0.1) is 17.4 Å². The van der Waals surface area contributed by atoms with Gasteiger partial charge in [-0.3, -0.25) is 4.79 Å². The maximum absolute atomic E-state index is 11.1. The number of hydrogen-bond acceptors (Lipinski definition) is 2. The minimum Gasteiger partial charge on any atom is -0.345 e. The highest BCUT2D eigenvalue weighted by atomic mass is 16.1. The van der Waals surface area contributed by atoms with E-state index < -0.39 is 0 Å². The van der Waals surface area contributed by atoms with Gasteiger partial charge in [0.25, 0.3) is 0 Å². The molecule has 0 saturated heterocycles. The first-order valence-corrected chi connectivity index (χ1v) is 4.03. The van der Waals surface area contributed by atoms with Crippen molar-refractivity contribution in [3.63, 3.8) is 0 Å². The van der Waals surface area contributed by atoms with Crippen LogP contribution in [0.15, 0.2) is 18.5 Å². The van der Waals surface area contributed by atoms with Crippen LogP contribution in [-0.4, -0.2) is 15.8 Å². The highest BCUT2D eigenvalue weighted by Gasteiger charge is 2.03. The minimum absolute atomic E-state index is 0.0580. The number of rotatable bonds is 0. The first kappa shape index (κ1) is 6.60. The smallest absolute Gasteiger partial charge is 0.179 e. The van der Waals surface area contributed by atoms with Crippen LogP contribution < -0.4 is 10.4 Å². The number of benzene rings is 1. The number of hydrogen-bond donors (Lipinski definition) is 1. The molecular formula is C10H6N2O. The Kier molecular flexibility index (Phi) is 1.05. The van der Waals surface area contributed by atoms with Crippen LogP contribution in [0.3, 0.4) is 0 Å². The average molecular weight is 170 g/mol. The Balaban J connectivity index is 2.60. The fourth-order valence-electron chi connectivity index (χ4n) is 1.61. The van der Waals surface area contributed by atoms with Crippen molar-refractivity contribution in [3.8, 4) is 0 Å². The second kappa shape index (κ2) is 2.07. The van der Waals surface area contributed by atoms with Crippen LogP contribution >= 0.6 is 0 Å². The van der Waals surface area contributed by atoms with E-state index in [0.717, 1.165) is 21.5 Å². The maximum atomic E-state index is 11.1. The summed E-state index contributed by atoms with van der Waals surface area (Å²) in [5, 5.41) is 1.94. The number of nitrogens with zero attached hydrogens (tertiary/aromatic N) is 1. The van der Waals surface area contributed by atoms with Gasteiger partial charge in [-0.2, -0.15) is 0 Å². The third kappa shape index (κ3) is 0.839. The second-order valence-electron chi connectivity index (χ2n) is 3.09. The van der Waals surface area contributed by atoms with E-state index in [0.29, 0.717) is 0 Å². The third-order valence-electron chi connectivity index (χ3n) is 2.22. The van der Waals surface area contributed by atoms with Gasteiger partial charge < -0.3 is 4.98 Å². The lowest BCUT2D eigenvalue weighted by atomic mass is 10.2. The Bertz CT molecular complexity index is 570. The third-order valence-corrected chi connectivity index (χ3v) is 2.22. The Hall–Kier alpha value is -1.90. The van der Waals surface area contributed by atoms with Gasteiger partial charge in [0.15, 0.2) is 5.78 Å². The van der Waals surface area contributed by atoms with Gasteiger partial charge in [-0.1, -0.05) is 0 Å². The fraction of sp³-hybridized carbons (Fsp3) is 0. The molecule has 0 fully saturated rings. The van der Waals surface area contributed by atoms with E-state index in [-0.39, 0.29) is 5.78 Å². The standard InChI is InChI=1S/C10H6N2O/c13-8-1-6-3-9-10(12-5-11-9)4-7(6)2-8/h1-5H,(H,11,12). The lowest BCUT2D eigenvalue weighted by molar-refractivity contribution is -0.107. The highest BCUT2D eigenvalue weighted by molar-refractivity contribution is 6.26. The molecule has 1 aliphatic carbocycles. The van der Waals surface area contributed by atoms with Crippen molar-refractivity contribution in [2.45, 2.75) is 0 Å². The zero-order valence-electron chi connectivity index (χ0n) is 6.74. The van der Waals surface area contributed by atoms with Crippen LogP contribution in [0, 0.1) is 0 Å². The van der Waals surface area contributed by atoms with E-state index in [1.807, 2.05) is 12.1 Å². The van der Waals surface area contributed by atoms with E-state index in [1.54, 1.807) is 18.5 Å². The van der Waals surface area contributed by atoms with E-state index in [2.05, 4.69) is 9.97 Å². The van der Waals surface area contributed by atoms with Gasteiger partial charge in [-0.25, -0.2) is 4.98 Å². The molecule has 0 unspecified atom stereocenters. The molecule has 0 spiro atoms. The maximum Gasteiger partial charge on any atom is 0.179 e. The number of imidazole rings is 1. The van der Waals surface area contributed by atoms with Crippen molar-refractivity contribution in [2.24, 2.45) is 0 Å². The van der Waals surface area contributed by atoms with Gasteiger partial charge in [0.1, 0.15) is 0 Å². The Morgan fingerprint density at radius 3 is 2.77 bits per heavy atom. The predicted molar refractivity (Wildman–Crippen MR) is 49.3 cm³/mol. The molecule has 1 aliphatic rings. The molecule has 2 aromatic rings. The summed E-state index contributed by atoms with van der Waals surface area (Å²) in [7, 11) is 0. The first-order chi connectivity index (χ1) is 6.33. The van der Waals surface area contributed by atoms with Crippen LogP contribution in [-0.2, 0) is 4.79 Å². The van der Waals surface area contributed by atoms with Crippen LogP contribution in [0.1, 0.15) is 0 Å². The molecule has 1 aromatic carbocycles. The average Bonchev–Trinajstić information content (AvgIpc) is 2.63. The van der Waals surface area contributed by atoms with Gasteiger partial charge in [-0.15, -0.1) is 0 Å². The van der Waals surface area contributed by atoms with E-state index >= 15 is 0 Å².